The maximum Gasteiger partial charge on any atom is 0.270 e. The monoisotopic (exact) mass is 352 g/mol. The van der Waals surface area contributed by atoms with Crippen molar-refractivity contribution in [1.29, 1.82) is 0 Å². The fourth-order valence-electron chi connectivity index (χ4n) is 2.19. The Balaban J connectivity index is 2.26. The first-order valence-electron chi connectivity index (χ1n) is 6.79. The summed E-state index contributed by atoms with van der Waals surface area (Å²) in [6.45, 7) is 4.62. The average molecular weight is 353 g/mol. The van der Waals surface area contributed by atoms with Crippen molar-refractivity contribution in [3.05, 3.63) is 57.6 Å². The molecule has 0 saturated heterocycles. The third-order valence-corrected chi connectivity index (χ3v) is 4.12. The number of carbonyl (C=O) groups excluding carboxylic acids is 1. The fraction of sp³-hybridized carbons (Fsp3) is 0.312. The molecule has 112 valence electrons. The van der Waals surface area contributed by atoms with Crippen LogP contribution in [0.5, 0.6) is 0 Å². The van der Waals surface area contributed by atoms with E-state index >= 15 is 0 Å². The molecule has 21 heavy (non-hydrogen) atoms. The minimum Gasteiger partial charge on any atom is -0.344 e. The van der Waals surface area contributed by atoms with E-state index in [0.717, 1.165) is 10.2 Å². The lowest BCUT2D eigenvalue weighted by atomic mass is 10.2. The van der Waals surface area contributed by atoms with E-state index in [9.17, 15) is 9.18 Å². The summed E-state index contributed by atoms with van der Waals surface area (Å²) in [5.74, 6) is -0.389. The summed E-state index contributed by atoms with van der Waals surface area (Å²) >= 11 is 3.33. The van der Waals surface area contributed by atoms with Crippen LogP contribution < -0.4 is 0 Å². The highest BCUT2D eigenvalue weighted by Crippen LogP contribution is 2.18. The Kier molecular flexibility index (Phi) is 4.83. The minimum atomic E-state index is -0.299. The highest BCUT2D eigenvalue weighted by molar-refractivity contribution is 9.10. The molecule has 1 aromatic heterocycles. The first kappa shape index (κ1) is 15.8. The zero-order chi connectivity index (χ0) is 15.6. The van der Waals surface area contributed by atoms with Crippen molar-refractivity contribution in [2.75, 3.05) is 6.54 Å². The van der Waals surface area contributed by atoms with Gasteiger partial charge in [-0.2, -0.15) is 0 Å². The quantitative estimate of drug-likeness (QED) is 0.819. The molecule has 0 unspecified atom stereocenters. The second-order valence-corrected chi connectivity index (χ2v) is 5.89. The van der Waals surface area contributed by atoms with Gasteiger partial charge in [-0.05, 0) is 44.2 Å². The van der Waals surface area contributed by atoms with Gasteiger partial charge >= 0.3 is 0 Å². The number of nitrogens with zero attached hydrogens (tertiary/aromatic N) is 2. The number of rotatable bonds is 4. The van der Waals surface area contributed by atoms with Crippen LogP contribution >= 0.6 is 15.9 Å². The van der Waals surface area contributed by atoms with E-state index in [2.05, 4.69) is 15.9 Å². The molecule has 0 aliphatic heterocycles. The van der Waals surface area contributed by atoms with Crippen LogP contribution in [0.2, 0.25) is 0 Å². The predicted octanol–water partition coefficient (Wildman–Crippen LogP) is 3.90. The van der Waals surface area contributed by atoms with Gasteiger partial charge in [0, 0.05) is 35.9 Å². The molecule has 2 aromatic rings. The third kappa shape index (κ3) is 3.35. The van der Waals surface area contributed by atoms with Gasteiger partial charge in [-0.15, -0.1) is 0 Å². The van der Waals surface area contributed by atoms with Crippen molar-refractivity contribution in [1.82, 2.24) is 9.47 Å². The molecular weight excluding hydrogens is 335 g/mol. The Morgan fingerprint density at radius 3 is 2.62 bits per heavy atom. The summed E-state index contributed by atoms with van der Waals surface area (Å²) in [4.78, 5) is 14.2. The Morgan fingerprint density at radius 2 is 2.05 bits per heavy atom. The van der Waals surface area contributed by atoms with Gasteiger partial charge in [0.25, 0.3) is 5.91 Å². The largest absolute Gasteiger partial charge is 0.344 e. The number of hydrogen-bond donors (Lipinski definition) is 0. The highest BCUT2D eigenvalue weighted by atomic mass is 79.9. The van der Waals surface area contributed by atoms with Crippen molar-refractivity contribution in [2.45, 2.75) is 20.4 Å². The third-order valence-electron chi connectivity index (χ3n) is 3.63. The molecule has 0 radical (unpaired) electrons. The number of benzene rings is 1. The number of halogens is 2. The molecule has 1 heterocycles. The Morgan fingerprint density at radius 1 is 1.33 bits per heavy atom. The number of amides is 1. The van der Waals surface area contributed by atoms with Crippen LogP contribution in [-0.4, -0.2) is 21.9 Å². The van der Waals surface area contributed by atoms with Gasteiger partial charge in [-0.25, -0.2) is 4.39 Å². The van der Waals surface area contributed by atoms with Gasteiger partial charge in [0.1, 0.15) is 11.5 Å². The van der Waals surface area contributed by atoms with Gasteiger partial charge in [0.15, 0.2) is 0 Å². The zero-order valence-corrected chi connectivity index (χ0v) is 13.9. The first-order chi connectivity index (χ1) is 9.93. The van der Waals surface area contributed by atoms with Crippen molar-refractivity contribution in [3.63, 3.8) is 0 Å². The van der Waals surface area contributed by atoms with Crippen molar-refractivity contribution in [3.8, 4) is 0 Å². The minimum absolute atomic E-state index is 0.0903. The lowest BCUT2D eigenvalue weighted by Crippen LogP contribution is -2.32. The van der Waals surface area contributed by atoms with Gasteiger partial charge in [-0.1, -0.05) is 15.9 Å². The van der Waals surface area contributed by atoms with E-state index in [1.807, 2.05) is 31.5 Å². The molecular formula is C16H18BrFN2O. The summed E-state index contributed by atoms with van der Waals surface area (Å²) in [5.41, 5.74) is 2.14. The lowest BCUT2D eigenvalue weighted by Gasteiger charge is -2.22. The van der Waals surface area contributed by atoms with Crippen LogP contribution in [0.4, 0.5) is 4.39 Å². The Labute approximate surface area is 132 Å². The van der Waals surface area contributed by atoms with Crippen LogP contribution in [0.25, 0.3) is 0 Å². The summed E-state index contributed by atoms with van der Waals surface area (Å²) in [5, 5.41) is 0. The molecule has 0 aliphatic carbocycles. The first-order valence-corrected chi connectivity index (χ1v) is 7.58. The molecule has 2 rings (SSSR count). The molecule has 1 amide bonds. The van der Waals surface area contributed by atoms with Gasteiger partial charge < -0.3 is 9.47 Å². The van der Waals surface area contributed by atoms with Crippen LogP contribution in [0.15, 0.2) is 34.8 Å². The standard InChI is InChI=1S/C16H18BrFN2O/c1-4-20(10-12-9-13(17)6-7-14(12)18)16(21)15-8-5-11(2)19(15)3/h5-9H,4,10H2,1-3H3. The topological polar surface area (TPSA) is 25.2 Å². The van der Waals surface area contributed by atoms with E-state index < -0.39 is 0 Å². The summed E-state index contributed by atoms with van der Waals surface area (Å²) in [7, 11) is 1.86. The smallest absolute Gasteiger partial charge is 0.270 e. The van der Waals surface area contributed by atoms with E-state index in [1.165, 1.54) is 6.07 Å². The number of carbonyl (C=O) groups is 1. The molecule has 0 atom stereocenters. The van der Waals surface area contributed by atoms with Crippen LogP contribution in [0, 0.1) is 12.7 Å². The molecule has 3 nitrogen and oxygen atoms in total. The normalized spacial score (nSPS) is 10.7. The molecule has 0 bridgehead atoms. The Hall–Kier alpha value is -1.62. The highest BCUT2D eigenvalue weighted by Gasteiger charge is 2.19. The maximum atomic E-state index is 13.9. The van der Waals surface area contributed by atoms with E-state index in [1.54, 1.807) is 23.1 Å². The maximum absolute atomic E-state index is 13.9. The SMILES string of the molecule is CCN(Cc1cc(Br)ccc1F)C(=O)c1ccc(C)n1C. The fourth-order valence-corrected chi connectivity index (χ4v) is 2.60. The number of hydrogen-bond acceptors (Lipinski definition) is 1. The second kappa shape index (κ2) is 6.43. The Bertz CT molecular complexity index is 666. The molecule has 1 aromatic carbocycles. The van der Waals surface area contributed by atoms with Crippen LogP contribution in [-0.2, 0) is 13.6 Å². The zero-order valence-electron chi connectivity index (χ0n) is 12.4. The van der Waals surface area contributed by atoms with E-state index in [4.69, 9.17) is 0 Å². The van der Waals surface area contributed by atoms with E-state index in [-0.39, 0.29) is 18.3 Å². The predicted molar refractivity (Wildman–Crippen MR) is 84.7 cm³/mol. The van der Waals surface area contributed by atoms with Crippen molar-refractivity contribution >= 4 is 21.8 Å². The van der Waals surface area contributed by atoms with Gasteiger partial charge in [0.2, 0.25) is 0 Å². The van der Waals surface area contributed by atoms with Gasteiger partial charge in [-0.3, -0.25) is 4.79 Å². The number of aromatic nitrogens is 1. The molecule has 0 fully saturated rings. The van der Waals surface area contributed by atoms with Crippen LogP contribution in [0.1, 0.15) is 28.7 Å². The summed E-state index contributed by atoms with van der Waals surface area (Å²) in [6, 6.07) is 8.47. The summed E-state index contributed by atoms with van der Waals surface area (Å²) < 4.78 is 16.5. The number of aryl methyl sites for hydroxylation is 1. The molecule has 0 spiro atoms. The molecule has 0 N–H and O–H groups in total. The molecule has 5 heteroatoms. The summed E-state index contributed by atoms with van der Waals surface area (Å²) in [6.07, 6.45) is 0. The second-order valence-electron chi connectivity index (χ2n) is 4.97. The average Bonchev–Trinajstić information content (AvgIpc) is 2.79. The molecule has 0 saturated carbocycles. The van der Waals surface area contributed by atoms with Gasteiger partial charge in [0.05, 0.1) is 0 Å². The molecule has 0 aliphatic rings. The van der Waals surface area contributed by atoms with E-state index in [0.29, 0.717) is 17.8 Å². The van der Waals surface area contributed by atoms with Crippen molar-refractivity contribution < 1.29 is 9.18 Å². The van der Waals surface area contributed by atoms with Crippen molar-refractivity contribution in [2.24, 2.45) is 7.05 Å². The van der Waals surface area contributed by atoms with Crippen LogP contribution in [0.3, 0.4) is 0 Å². The lowest BCUT2D eigenvalue weighted by molar-refractivity contribution is 0.0741.